The molecule has 0 aliphatic carbocycles. The number of hydrogen-bond donors (Lipinski definition) is 3. The molecule has 0 saturated carbocycles. The van der Waals surface area contributed by atoms with Gasteiger partial charge in [0, 0.05) is 44.5 Å². The lowest BCUT2D eigenvalue weighted by Crippen LogP contribution is -2.37. The summed E-state index contributed by atoms with van der Waals surface area (Å²) in [6.45, 7) is 1.05. The first-order valence-electron chi connectivity index (χ1n) is 6.12. The first-order valence-corrected chi connectivity index (χ1v) is 6.53. The van der Waals surface area contributed by atoms with E-state index < -0.39 is 0 Å². The van der Waals surface area contributed by atoms with Crippen molar-refractivity contribution in [3.8, 4) is 5.75 Å². The van der Waals surface area contributed by atoms with Crippen LogP contribution in [0.2, 0.25) is 0 Å². The van der Waals surface area contributed by atoms with Crippen LogP contribution in [-0.4, -0.2) is 50.2 Å². The van der Waals surface area contributed by atoms with Gasteiger partial charge >= 0.3 is 6.03 Å². The molecule has 0 bridgehead atoms. The molecule has 0 aliphatic heterocycles. The van der Waals surface area contributed by atoms with Gasteiger partial charge in [-0.25, -0.2) is 4.79 Å². The number of ether oxygens (including phenoxy) is 1. The Balaban J connectivity index is 2.62. The number of methoxy groups -OCH3 is 1. The van der Waals surface area contributed by atoms with Crippen LogP contribution in [0.5, 0.6) is 5.75 Å². The minimum absolute atomic E-state index is 0.132. The molecule has 0 atom stereocenters. The van der Waals surface area contributed by atoms with E-state index in [1.165, 1.54) is 4.90 Å². The fraction of sp³-hybridized carbons (Fsp3) is 0.385. The van der Waals surface area contributed by atoms with Crippen LogP contribution in [0.4, 0.5) is 10.5 Å². The zero-order valence-electron chi connectivity index (χ0n) is 11.9. The maximum Gasteiger partial charge on any atom is 0.316 e. The standard InChI is InChI=1S/C13H20N4O2S/c1-17(2)13(18)16-7-6-15-11-8-9(19-3)4-5-10(11)12(14)20/h4-5,8,15H,6-7H2,1-3H3,(H2,14,20)(H,16,18). The number of amides is 2. The van der Waals surface area contributed by atoms with E-state index in [-0.39, 0.29) is 6.03 Å². The smallest absolute Gasteiger partial charge is 0.316 e. The van der Waals surface area contributed by atoms with E-state index in [4.69, 9.17) is 22.7 Å². The molecule has 6 nitrogen and oxygen atoms in total. The summed E-state index contributed by atoms with van der Waals surface area (Å²) < 4.78 is 5.17. The van der Waals surface area contributed by atoms with Crippen LogP contribution in [0.1, 0.15) is 5.56 Å². The fourth-order valence-electron chi connectivity index (χ4n) is 1.54. The van der Waals surface area contributed by atoms with Gasteiger partial charge in [-0.1, -0.05) is 12.2 Å². The number of carbonyl (C=O) groups is 1. The molecular weight excluding hydrogens is 276 g/mol. The second kappa shape index (κ2) is 7.54. The van der Waals surface area contributed by atoms with Gasteiger partial charge in [0.2, 0.25) is 0 Å². The molecule has 0 spiro atoms. The third-order valence-electron chi connectivity index (χ3n) is 2.62. The third kappa shape index (κ3) is 4.58. The predicted octanol–water partition coefficient (Wildman–Crippen LogP) is 1.01. The van der Waals surface area contributed by atoms with Crippen molar-refractivity contribution in [1.82, 2.24) is 10.2 Å². The van der Waals surface area contributed by atoms with E-state index in [0.29, 0.717) is 23.8 Å². The maximum absolute atomic E-state index is 11.4. The molecular formula is C13H20N4O2S. The molecule has 0 aromatic heterocycles. The molecule has 0 fully saturated rings. The summed E-state index contributed by atoms with van der Waals surface area (Å²) in [6, 6.07) is 5.30. The highest BCUT2D eigenvalue weighted by Gasteiger charge is 2.07. The van der Waals surface area contributed by atoms with Crippen molar-refractivity contribution in [2.45, 2.75) is 0 Å². The quantitative estimate of drug-likeness (QED) is 0.539. The summed E-state index contributed by atoms with van der Waals surface area (Å²) >= 11 is 5.00. The van der Waals surface area contributed by atoms with Crippen molar-refractivity contribution in [2.24, 2.45) is 5.73 Å². The number of nitrogens with one attached hydrogen (secondary N) is 2. The zero-order valence-corrected chi connectivity index (χ0v) is 12.7. The topological polar surface area (TPSA) is 79.6 Å². The van der Waals surface area contributed by atoms with Gasteiger partial charge in [-0.15, -0.1) is 0 Å². The van der Waals surface area contributed by atoms with Crippen LogP contribution in [0.15, 0.2) is 18.2 Å². The van der Waals surface area contributed by atoms with Crippen LogP contribution < -0.4 is 21.1 Å². The predicted molar refractivity (Wildman–Crippen MR) is 84.5 cm³/mol. The molecule has 7 heteroatoms. The van der Waals surface area contributed by atoms with Gasteiger partial charge in [-0.3, -0.25) is 0 Å². The highest BCUT2D eigenvalue weighted by atomic mass is 32.1. The molecule has 2 amide bonds. The molecule has 4 N–H and O–H groups in total. The van der Waals surface area contributed by atoms with Gasteiger partial charge in [0.25, 0.3) is 0 Å². The van der Waals surface area contributed by atoms with E-state index in [2.05, 4.69) is 10.6 Å². The number of thiocarbonyl (C=S) groups is 1. The summed E-state index contributed by atoms with van der Waals surface area (Å²) in [7, 11) is 4.97. The minimum atomic E-state index is -0.132. The van der Waals surface area contributed by atoms with Crippen molar-refractivity contribution in [3.63, 3.8) is 0 Å². The van der Waals surface area contributed by atoms with E-state index >= 15 is 0 Å². The Morgan fingerprint density at radius 1 is 1.40 bits per heavy atom. The van der Waals surface area contributed by atoms with Gasteiger partial charge in [0.05, 0.1) is 7.11 Å². The highest BCUT2D eigenvalue weighted by molar-refractivity contribution is 7.80. The van der Waals surface area contributed by atoms with Crippen molar-refractivity contribution in [1.29, 1.82) is 0 Å². The molecule has 0 unspecified atom stereocenters. The number of carbonyl (C=O) groups excluding carboxylic acids is 1. The van der Waals surface area contributed by atoms with Gasteiger partial charge in [-0.05, 0) is 12.1 Å². The molecule has 20 heavy (non-hydrogen) atoms. The van der Waals surface area contributed by atoms with Crippen molar-refractivity contribution in [2.75, 3.05) is 39.6 Å². The Labute approximate surface area is 124 Å². The zero-order chi connectivity index (χ0) is 15.1. The summed E-state index contributed by atoms with van der Waals surface area (Å²) in [4.78, 5) is 13.1. The first kappa shape index (κ1) is 16.0. The number of benzene rings is 1. The number of hydrogen-bond acceptors (Lipinski definition) is 4. The molecule has 0 heterocycles. The molecule has 1 aromatic carbocycles. The van der Waals surface area contributed by atoms with Crippen molar-refractivity contribution >= 4 is 28.9 Å². The van der Waals surface area contributed by atoms with E-state index in [1.807, 2.05) is 12.1 Å². The van der Waals surface area contributed by atoms with Crippen LogP contribution in [-0.2, 0) is 0 Å². The molecule has 0 aliphatic rings. The van der Waals surface area contributed by atoms with Gasteiger partial charge in [0.15, 0.2) is 0 Å². The number of rotatable bonds is 6. The fourth-order valence-corrected chi connectivity index (χ4v) is 1.71. The first-order chi connectivity index (χ1) is 9.45. The summed E-state index contributed by atoms with van der Waals surface area (Å²) in [5.41, 5.74) is 7.21. The van der Waals surface area contributed by atoms with E-state index in [0.717, 1.165) is 11.3 Å². The van der Waals surface area contributed by atoms with Gasteiger partial charge in [-0.2, -0.15) is 0 Å². The van der Waals surface area contributed by atoms with Gasteiger partial charge < -0.3 is 26.0 Å². The summed E-state index contributed by atoms with van der Waals surface area (Å²) in [5.74, 6) is 0.713. The Morgan fingerprint density at radius 3 is 2.65 bits per heavy atom. The van der Waals surface area contributed by atoms with Crippen LogP contribution >= 0.6 is 12.2 Å². The minimum Gasteiger partial charge on any atom is -0.497 e. The van der Waals surface area contributed by atoms with Crippen LogP contribution in [0.25, 0.3) is 0 Å². The lowest BCUT2D eigenvalue weighted by atomic mass is 10.1. The summed E-state index contributed by atoms with van der Waals surface area (Å²) in [6.07, 6.45) is 0. The van der Waals surface area contributed by atoms with E-state index in [9.17, 15) is 4.79 Å². The monoisotopic (exact) mass is 296 g/mol. The number of urea groups is 1. The summed E-state index contributed by atoms with van der Waals surface area (Å²) in [5, 5.41) is 5.94. The second-order valence-electron chi connectivity index (χ2n) is 4.33. The maximum atomic E-state index is 11.4. The molecule has 1 rings (SSSR count). The van der Waals surface area contributed by atoms with Crippen molar-refractivity contribution in [3.05, 3.63) is 23.8 Å². The Bertz CT molecular complexity index is 491. The number of anilines is 1. The van der Waals surface area contributed by atoms with Crippen molar-refractivity contribution < 1.29 is 9.53 Å². The highest BCUT2D eigenvalue weighted by Crippen LogP contribution is 2.22. The van der Waals surface area contributed by atoms with Crippen LogP contribution in [0, 0.1) is 0 Å². The SMILES string of the molecule is COc1ccc(C(N)=S)c(NCCNC(=O)N(C)C)c1. The number of nitrogens with two attached hydrogens (primary N) is 1. The average molecular weight is 296 g/mol. The third-order valence-corrected chi connectivity index (χ3v) is 2.83. The number of nitrogens with zero attached hydrogens (tertiary/aromatic N) is 1. The normalized spacial score (nSPS) is 9.75. The Morgan fingerprint density at radius 2 is 2.10 bits per heavy atom. The molecule has 0 saturated heterocycles. The lowest BCUT2D eigenvalue weighted by Gasteiger charge is -2.15. The second-order valence-corrected chi connectivity index (χ2v) is 4.77. The Kier molecular flexibility index (Phi) is 6.05. The average Bonchev–Trinajstić information content (AvgIpc) is 2.42. The lowest BCUT2D eigenvalue weighted by molar-refractivity contribution is 0.218. The largest absolute Gasteiger partial charge is 0.497 e. The van der Waals surface area contributed by atoms with Gasteiger partial charge in [0.1, 0.15) is 10.7 Å². The van der Waals surface area contributed by atoms with Crippen LogP contribution in [0.3, 0.4) is 0 Å². The molecule has 110 valence electrons. The van der Waals surface area contributed by atoms with E-state index in [1.54, 1.807) is 27.3 Å². The molecule has 1 aromatic rings. The Hall–Kier alpha value is -2.02. The molecule has 0 radical (unpaired) electrons.